The van der Waals surface area contributed by atoms with Crippen LogP contribution in [0.3, 0.4) is 0 Å². The Labute approximate surface area is 277 Å². The van der Waals surface area contributed by atoms with Crippen molar-refractivity contribution < 1.29 is 31.2 Å². The van der Waals surface area contributed by atoms with Crippen molar-refractivity contribution in [2.75, 3.05) is 17.1 Å². The highest BCUT2D eigenvalue weighted by Crippen LogP contribution is 2.32. The molecule has 0 aliphatic heterocycles. The van der Waals surface area contributed by atoms with Crippen LogP contribution < -0.4 is 9.62 Å². The van der Waals surface area contributed by atoms with Gasteiger partial charge in [0.25, 0.3) is 0 Å². The minimum absolute atomic E-state index is 0.0260. The fraction of sp³-hybridized carbons (Fsp3) is 0.412. The second kappa shape index (κ2) is 15.9. The number of hydrogen-bond donors (Lipinski definition) is 1. The van der Waals surface area contributed by atoms with Crippen LogP contribution in [0.15, 0.2) is 83.3 Å². The van der Waals surface area contributed by atoms with Gasteiger partial charge < -0.3 is 10.2 Å². The summed E-state index contributed by atoms with van der Waals surface area (Å²) in [4.78, 5) is 29.5. The highest BCUT2D eigenvalue weighted by Gasteiger charge is 2.33. The number of benzene rings is 3. The molecule has 1 N–H and O–H groups in total. The van der Waals surface area contributed by atoms with Gasteiger partial charge in [0.05, 0.1) is 17.5 Å². The van der Waals surface area contributed by atoms with Gasteiger partial charge in [0.15, 0.2) is 0 Å². The first-order valence-corrected chi connectivity index (χ1v) is 18.0. The molecule has 1 aliphatic rings. The average molecular weight is 723 g/mol. The zero-order valence-electron chi connectivity index (χ0n) is 25.7. The smallest absolute Gasteiger partial charge is 0.352 e. The van der Waals surface area contributed by atoms with Gasteiger partial charge in [0, 0.05) is 36.4 Å². The molecule has 2 amide bonds. The van der Waals surface area contributed by atoms with Crippen molar-refractivity contribution in [1.82, 2.24) is 10.2 Å². The van der Waals surface area contributed by atoms with Crippen LogP contribution in [0.25, 0.3) is 0 Å². The zero-order chi connectivity index (χ0) is 33.3. The molecular formula is C34H39BrF3N3O4S. The molecule has 0 radical (unpaired) electrons. The van der Waals surface area contributed by atoms with Crippen LogP contribution in [0.5, 0.6) is 0 Å². The molecular weight excluding hydrogens is 683 g/mol. The summed E-state index contributed by atoms with van der Waals surface area (Å²) in [6.07, 6.45) is 1.38. The summed E-state index contributed by atoms with van der Waals surface area (Å²) in [6.45, 7) is -0.0779. The number of sulfonamides is 1. The number of carbonyl (C=O) groups excluding carboxylic acids is 2. The molecule has 46 heavy (non-hydrogen) atoms. The van der Waals surface area contributed by atoms with Crippen LogP contribution in [-0.4, -0.2) is 50.0 Å². The lowest BCUT2D eigenvalue weighted by Crippen LogP contribution is -2.52. The molecule has 0 spiro atoms. The van der Waals surface area contributed by atoms with Crippen LogP contribution in [0, 0.1) is 0 Å². The van der Waals surface area contributed by atoms with Gasteiger partial charge in [-0.1, -0.05) is 83.7 Å². The topological polar surface area (TPSA) is 86.8 Å². The lowest BCUT2D eigenvalue weighted by atomic mass is 9.94. The number of alkyl halides is 3. The molecule has 7 nitrogen and oxygen atoms in total. The Balaban J connectivity index is 1.60. The maximum absolute atomic E-state index is 14.0. The number of anilines is 1. The van der Waals surface area contributed by atoms with Crippen LogP contribution in [0.4, 0.5) is 18.9 Å². The second-order valence-electron chi connectivity index (χ2n) is 11.7. The molecule has 0 saturated heterocycles. The van der Waals surface area contributed by atoms with E-state index in [-0.39, 0.29) is 55.9 Å². The number of rotatable bonds is 13. The Morgan fingerprint density at radius 1 is 0.935 bits per heavy atom. The van der Waals surface area contributed by atoms with Crippen LogP contribution in [0.2, 0.25) is 0 Å². The molecule has 0 aromatic heterocycles. The summed E-state index contributed by atoms with van der Waals surface area (Å²) >= 11 is 3.47. The molecule has 3 aromatic carbocycles. The van der Waals surface area contributed by atoms with Crippen molar-refractivity contribution in [3.05, 3.63) is 100 Å². The van der Waals surface area contributed by atoms with Gasteiger partial charge in [0.1, 0.15) is 6.04 Å². The average Bonchev–Trinajstić information content (AvgIpc) is 3.01. The second-order valence-corrected chi connectivity index (χ2v) is 14.5. The van der Waals surface area contributed by atoms with E-state index in [9.17, 15) is 31.2 Å². The predicted molar refractivity (Wildman–Crippen MR) is 177 cm³/mol. The first kappa shape index (κ1) is 35.5. The minimum atomic E-state index is -4.64. The van der Waals surface area contributed by atoms with Gasteiger partial charge in [-0.3, -0.25) is 13.9 Å². The fourth-order valence-electron chi connectivity index (χ4n) is 5.77. The minimum Gasteiger partial charge on any atom is -0.352 e. The molecule has 1 atom stereocenters. The van der Waals surface area contributed by atoms with Gasteiger partial charge >= 0.3 is 6.18 Å². The van der Waals surface area contributed by atoms with Crippen molar-refractivity contribution in [2.24, 2.45) is 0 Å². The van der Waals surface area contributed by atoms with Gasteiger partial charge in [-0.2, -0.15) is 13.2 Å². The molecule has 3 aromatic rings. The Morgan fingerprint density at radius 3 is 2.26 bits per heavy atom. The first-order valence-electron chi connectivity index (χ1n) is 15.3. The first-order chi connectivity index (χ1) is 21.8. The number of amides is 2. The highest BCUT2D eigenvalue weighted by atomic mass is 79.9. The Morgan fingerprint density at radius 2 is 1.61 bits per heavy atom. The quantitative estimate of drug-likeness (QED) is 0.204. The predicted octanol–water partition coefficient (Wildman–Crippen LogP) is 7.10. The van der Waals surface area contributed by atoms with Crippen molar-refractivity contribution in [1.29, 1.82) is 0 Å². The van der Waals surface area contributed by atoms with Crippen molar-refractivity contribution in [2.45, 2.75) is 76.2 Å². The molecule has 1 fully saturated rings. The highest BCUT2D eigenvalue weighted by molar-refractivity contribution is 9.10. The van der Waals surface area contributed by atoms with E-state index in [0.29, 0.717) is 0 Å². The molecule has 12 heteroatoms. The summed E-state index contributed by atoms with van der Waals surface area (Å²) in [7, 11) is -3.97. The van der Waals surface area contributed by atoms with Crippen LogP contribution in [0.1, 0.15) is 61.6 Å². The molecule has 1 unspecified atom stereocenters. The number of nitrogens with one attached hydrogen (secondary N) is 1. The standard InChI is InChI=1S/C34H39BrF3N3O4S/c1-46(44,45)41(30-18-9-14-27(23-30)34(36,37)38)20-10-19-32(42)40(24-26-13-8-15-28(35)21-26)31(22-25-11-4-2-5-12-25)33(43)39-29-16-6-3-7-17-29/h2,4-5,8-9,11-15,18,21,23,29,31H,3,6-7,10,16-17,19-20,22,24H2,1H3,(H,39,43). The van der Waals surface area contributed by atoms with Crippen molar-refractivity contribution in [3.63, 3.8) is 0 Å². The third-order valence-corrected chi connectivity index (χ3v) is 9.77. The lowest BCUT2D eigenvalue weighted by molar-refractivity contribution is -0.141. The number of halogens is 4. The van der Waals surface area contributed by atoms with E-state index in [1.807, 2.05) is 54.6 Å². The van der Waals surface area contributed by atoms with Gasteiger partial charge in [0.2, 0.25) is 21.8 Å². The van der Waals surface area contributed by atoms with E-state index in [0.717, 1.165) is 76.5 Å². The maximum Gasteiger partial charge on any atom is 0.416 e. The third-order valence-electron chi connectivity index (χ3n) is 8.08. The molecule has 248 valence electrons. The third kappa shape index (κ3) is 10.3. The number of carbonyl (C=O) groups is 2. The normalized spacial score (nSPS) is 14.8. The Hall–Kier alpha value is -3.38. The van der Waals surface area contributed by atoms with Crippen molar-refractivity contribution in [3.8, 4) is 0 Å². The van der Waals surface area contributed by atoms with Crippen LogP contribution in [-0.2, 0) is 38.8 Å². The summed E-state index contributed by atoms with van der Waals surface area (Å²) in [5.41, 5.74) is 0.575. The number of nitrogens with zero attached hydrogens (tertiary/aromatic N) is 2. The SMILES string of the molecule is CS(=O)(=O)N(CCCC(=O)N(Cc1cccc(Br)c1)C(Cc1ccccc1)C(=O)NC1CCCCC1)c1cccc(C(F)(F)F)c1. The molecule has 0 bridgehead atoms. The van der Waals surface area contributed by atoms with Gasteiger partial charge in [-0.15, -0.1) is 0 Å². The number of hydrogen-bond acceptors (Lipinski definition) is 4. The molecule has 4 rings (SSSR count). The Bertz CT molecular complexity index is 1580. The van der Waals surface area contributed by atoms with E-state index in [1.165, 1.54) is 6.07 Å². The van der Waals surface area contributed by atoms with E-state index in [1.54, 1.807) is 4.90 Å². The molecule has 1 aliphatic carbocycles. The summed E-state index contributed by atoms with van der Waals surface area (Å²) in [5, 5.41) is 3.18. The molecule has 0 heterocycles. The summed E-state index contributed by atoms with van der Waals surface area (Å²) < 4.78 is 67.1. The van der Waals surface area contributed by atoms with Gasteiger partial charge in [-0.25, -0.2) is 8.42 Å². The maximum atomic E-state index is 14.0. The van der Waals surface area contributed by atoms with Crippen molar-refractivity contribution >= 4 is 43.5 Å². The Kier molecular flexibility index (Phi) is 12.3. The summed E-state index contributed by atoms with van der Waals surface area (Å²) in [6, 6.07) is 20.2. The zero-order valence-corrected chi connectivity index (χ0v) is 28.1. The van der Waals surface area contributed by atoms with Crippen LogP contribution >= 0.6 is 15.9 Å². The van der Waals surface area contributed by atoms with E-state index < -0.39 is 27.8 Å². The largest absolute Gasteiger partial charge is 0.416 e. The monoisotopic (exact) mass is 721 g/mol. The van der Waals surface area contributed by atoms with Gasteiger partial charge in [-0.05, 0) is 60.7 Å². The lowest BCUT2D eigenvalue weighted by Gasteiger charge is -2.34. The molecule has 1 saturated carbocycles. The van der Waals surface area contributed by atoms with E-state index in [2.05, 4.69) is 21.2 Å². The summed E-state index contributed by atoms with van der Waals surface area (Å²) in [5.74, 6) is -0.613. The van der Waals surface area contributed by atoms with E-state index >= 15 is 0 Å². The fourth-order valence-corrected chi connectivity index (χ4v) is 7.18. The van der Waals surface area contributed by atoms with E-state index in [4.69, 9.17) is 0 Å².